The highest BCUT2D eigenvalue weighted by molar-refractivity contribution is 9.10. The van der Waals surface area contributed by atoms with Gasteiger partial charge in [0.2, 0.25) is 0 Å². The topological polar surface area (TPSA) is 47.3 Å². The number of ether oxygens (including phenoxy) is 1. The van der Waals surface area contributed by atoms with Gasteiger partial charge in [0.05, 0.1) is 23.9 Å². The maximum atomic E-state index is 13.9. The minimum Gasteiger partial charge on any atom is -0.497 e. The third-order valence-corrected chi connectivity index (χ3v) is 4.32. The fourth-order valence-corrected chi connectivity index (χ4v) is 2.37. The number of rotatable bonds is 5. The summed E-state index contributed by atoms with van der Waals surface area (Å²) in [7, 11) is 1.53. The van der Waals surface area contributed by atoms with E-state index in [4.69, 9.17) is 22.1 Å². The first-order valence-corrected chi connectivity index (χ1v) is 7.47. The van der Waals surface area contributed by atoms with Crippen molar-refractivity contribution < 1.29 is 9.13 Å². The monoisotopic (exact) mass is 372 g/mol. The third kappa shape index (κ3) is 3.87. The van der Waals surface area contributed by atoms with Gasteiger partial charge >= 0.3 is 0 Å². The number of methoxy groups -OCH3 is 1. The molecule has 0 amide bonds. The van der Waals surface area contributed by atoms with E-state index in [9.17, 15) is 4.39 Å². The molecule has 3 N–H and O–H groups in total. The van der Waals surface area contributed by atoms with Crippen LogP contribution in [0, 0.1) is 5.82 Å². The van der Waals surface area contributed by atoms with Gasteiger partial charge in [0.25, 0.3) is 0 Å². The molecule has 0 saturated heterocycles. The Balaban J connectivity index is 2.28. The van der Waals surface area contributed by atoms with Crippen molar-refractivity contribution in [3.05, 3.63) is 57.3 Å². The Kier molecular flexibility index (Phi) is 5.45. The van der Waals surface area contributed by atoms with Crippen LogP contribution in [0.15, 0.2) is 40.9 Å². The average Bonchev–Trinajstić information content (AvgIpc) is 2.49. The van der Waals surface area contributed by atoms with Crippen LogP contribution in [0.3, 0.4) is 0 Å². The Bertz CT molecular complexity index is 639. The minimum absolute atomic E-state index is 0.253. The van der Waals surface area contributed by atoms with Gasteiger partial charge in [-0.25, -0.2) is 4.39 Å². The summed E-state index contributed by atoms with van der Waals surface area (Å²) in [5, 5.41) is 3.66. The summed E-state index contributed by atoms with van der Waals surface area (Å²) in [5.41, 5.74) is 7.01. The Morgan fingerprint density at radius 3 is 2.71 bits per heavy atom. The average molecular weight is 374 g/mol. The molecule has 2 aromatic rings. The van der Waals surface area contributed by atoms with Gasteiger partial charge in [-0.05, 0) is 45.8 Å². The first kappa shape index (κ1) is 16.1. The van der Waals surface area contributed by atoms with Crippen molar-refractivity contribution in [3.63, 3.8) is 0 Å². The Labute approximate surface area is 136 Å². The first-order chi connectivity index (χ1) is 10.0. The van der Waals surface area contributed by atoms with E-state index in [0.717, 1.165) is 10.0 Å². The van der Waals surface area contributed by atoms with Crippen LogP contribution in [-0.2, 0) is 0 Å². The summed E-state index contributed by atoms with van der Waals surface area (Å²) in [4.78, 5) is 0. The van der Waals surface area contributed by atoms with Crippen molar-refractivity contribution in [3.8, 4) is 5.75 Å². The number of hydrogen-bond acceptors (Lipinski definition) is 3. The Morgan fingerprint density at radius 2 is 2.10 bits per heavy atom. The molecule has 0 aliphatic carbocycles. The van der Waals surface area contributed by atoms with Crippen LogP contribution in [-0.4, -0.2) is 13.7 Å². The predicted octanol–water partition coefficient (Wildman–Crippen LogP) is 4.36. The van der Waals surface area contributed by atoms with Gasteiger partial charge in [-0.3, -0.25) is 0 Å². The van der Waals surface area contributed by atoms with Crippen LogP contribution in [0.5, 0.6) is 5.75 Å². The molecule has 2 aromatic carbocycles. The lowest BCUT2D eigenvalue weighted by Gasteiger charge is -2.20. The van der Waals surface area contributed by atoms with E-state index in [-0.39, 0.29) is 11.9 Å². The zero-order valence-corrected chi connectivity index (χ0v) is 13.7. The molecule has 0 radical (unpaired) electrons. The smallest absolute Gasteiger partial charge is 0.146 e. The highest BCUT2D eigenvalue weighted by Crippen LogP contribution is 2.29. The van der Waals surface area contributed by atoms with Gasteiger partial charge < -0.3 is 15.8 Å². The van der Waals surface area contributed by atoms with Crippen molar-refractivity contribution >= 4 is 33.2 Å². The number of halogens is 3. The lowest BCUT2D eigenvalue weighted by atomic mass is 10.1. The van der Waals surface area contributed by atoms with Crippen LogP contribution < -0.4 is 15.8 Å². The summed E-state index contributed by atoms with van der Waals surface area (Å²) in [6.45, 7) is 0.300. The molecule has 0 saturated carbocycles. The van der Waals surface area contributed by atoms with E-state index in [1.165, 1.54) is 13.2 Å². The first-order valence-electron chi connectivity index (χ1n) is 6.30. The van der Waals surface area contributed by atoms with Gasteiger partial charge in [-0.1, -0.05) is 17.7 Å². The van der Waals surface area contributed by atoms with E-state index < -0.39 is 0 Å². The summed E-state index contributed by atoms with van der Waals surface area (Å²) in [6.07, 6.45) is 0. The molecule has 112 valence electrons. The number of benzene rings is 2. The Hall–Kier alpha value is -1.30. The van der Waals surface area contributed by atoms with Gasteiger partial charge in [-0.15, -0.1) is 0 Å². The van der Waals surface area contributed by atoms with Crippen LogP contribution in [0.2, 0.25) is 5.02 Å². The third-order valence-electron chi connectivity index (χ3n) is 3.08. The highest BCUT2D eigenvalue weighted by atomic mass is 79.9. The molecular weight excluding hydrogens is 359 g/mol. The normalized spacial score (nSPS) is 12.0. The molecule has 6 heteroatoms. The summed E-state index contributed by atoms with van der Waals surface area (Å²) < 4.78 is 19.8. The van der Waals surface area contributed by atoms with Gasteiger partial charge in [0.1, 0.15) is 11.6 Å². The van der Waals surface area contributed by atoms with E-state index in [0.29, 0.717) is 23.0 Å². The number of nitrogens with one attached hydrogen (secondary N) is 1. The Morgan fingerprint density at radius 1 is 1.33 bits per heavy atom. The molecule has 21 heavy (non-hydrogen) atoms. The number of anilines is 1. The SMILES string of the molecule is COc1ccc(F)c(NC(CN)c2ccc(Br)c(Cl)c2)c1. The van der Waals surface area contributed by atoms with Crippen LogP contribution in [0.1, 0.15) is 11.6 Å². The van der Waals surface area contributed by atoms with Crippen molar-refractivity contribution in [2.45, 2.75) is 6.04 Å². The lowest BCUT2D eigenvalue weighted by molar-refractivity contribution is 0.414. The molecule has 2 rings (SSSR count). The van der Waals surface area contributed by atoms with Crippen molar-refractivity contribution in [1.82, 2.24) is 0 Å². The summed E-state index contributed by atoms with van der Waals surface area (Å²) >= 11 is 9.42. The fraction of sp³-hybridized carbons (Fsp3) is 0.200. The van der Waals surface area contributed by atoms with Crippen molar-refractivity contribution in [2.75, 3.05) is 19.0 Å². The molecule has 0 aliphatic heterocycles. The second kappa shape index (κ2) is 7.11. The van der Waals surface area contributed by atoms with Crippen LogP contribution in [0.4, 0.5) is 10.1 Å². The van der Waals surface area contributed by atoms with Crippen molar-refractivity contribution in [2.24, 2.45) is 5.73 Å². The van der Waals surface area contributed by atoms with E-state index in [2.05, 4.69) is 21.2 Å². The molecule has 0 bridgehead atoms. The summed E-state index contributed by atoms with van der Waals surface area (Å²) in [6, 6.07) is 9.78. The maximum Gasteiger partial charge on any atom is 0.146 e. The molecule has 3 nitrogen and oxygen atoms in total. The molecule has 0 aromatic heterocycles. The molecule has 1 unspecified atom stereocenters. The van der Waals surface area contributed by atoms with Crippen LogP contribution in [0.25, 0.3) is 0 Å². The molecule has 1 atom stereocenters. The highest BCUT2D eigenvalue weighted by Gasteiger charge is 2.14. The fourth-order valence-electron chi connectivity index (χ4n) is 1.94. The number of nitrogens with two attached hydrogens (primary N) is 1. The van der Waals surface area contributed by atoms with E-state index in [1.807, 2.05) is 12.1 Å². The predicted molar refractivity (Wildman–Crippen MR) is 87.5 cm³/mol. The molecule has 0 fully saturated rings. The standard InChI is InChI=1S/C15H15BrClFN2O/c1-21-10-3-5-13(18)14(7-10)20-15(8-19)9-2-4-11(16)12(17)6-9/h2-7,15,20H,8,19H2,1H3. The van der Waals surface area contributed by atoms with Gasteiger partial charge in [0.15, 0.2) is 0 Å². The maximum absolute atomic E-state index is 13.9. The molecule has 0 aliphatic rings. The second-order valence-electron chi connectivity index (χ2n) is 4.45. The van der Waals surface area contributed by atoms with E-state index >= 15 is 0 Å². The zero-order valence-electron chi connectivity index (χ0n) is 11.4. The summed E-state index contributed by atoms with van der Waals surface area (Å²) in [5.74, 6) is 0.209. The molecular formula is C15H15BrClFN2O. The number of hydrogen-bond donors (Lipinski definition) is 2. The molecule has 0 heterocycles. The largest absolute Gasteiger partial charge is 0.497 e. The van der Waals surface area contributed by atoms with Gasteiger partial charge in [-0.2, -0.15) is 0 Å². The second-order valence-corrected chi connectivity index (χ2v) is 5.71. The minimum atomic E-state index is -0.363. The zero-order chi connectivity index (χ0) is 15.4. The molecule has 0 spiro atoms. The van der Waals surface area contributed by atoms with Crippen molar-refractivity contribution in [1.29, 1.82) is 0 Å². The van der Waals surface area contributed by atoms with Crippen LogP contribution >= 0.6 is 27.5 Å². The van der Waals surface area contributed by atoms with Gasteiger partial charge in [0, 0.05) is 17.1 Å². The van der Waals surface area contributed by atoms with E-state index in [1.54, 1.807) is 18.2 Å². The quantitative estimate of drug-likeness (QED) is 0.818. The lowest BCUT2D eigenvalue weighted by Crippen LogP contribution is -2.21.